The Morgan fingerprint density at radius 3 is 2.79 bits per heavy atom. The van der Waals surface area contributed by atoms with Crippen molar-refractivity contribution < 1.29 is 14.6 Å². The number of hydrogen-bond acceptors (Lipinski definition) is 5. The maximum absolute atomic E-state index is 12.3. The van der Waals surface area contributed by atoms with E-state index in [9.17, 15) is 9.90 Å². The number of H-pyrrole nitrogens is 1. The van der Waals surface area contributed by atoms with Crippen molar-refractivity contribution in [1.29, 1.82) is 0 Å². The van der Waals surface area contributed by atoms with Crippen molar-refractivity contribution in [3.05, 3.63) is 64.8 Å². The number of aromatic amines is 1. The number of amides is 1. The van der Waals surface area contributed by atoms with Crippen LogP contribution >= 0.6 is 0 Å². The van der Waals surface area contributed by atoms with Crippen LogP contribution in [-0.2, 0) is 0 Å². The van der Waals surface area contributed by atoms with Gasteiger partial charge in [0.1, 0.15) is 5.69 Å². The summed E-state index contributed by atoms with van der Waals surface area (Å²) in [6, 6.07) is 12.5. The van der Waals surface area contributed by atoms with E-state index in [4.69, 9.17) is 4.74 Å². The van der Waals surface area contributed by atoms with Crippen LogP contribution in [0.5, 0.6) is 11.5 Å². The molecule has 0 fully saturated rings. The lowest BCUT2D eigenvalue weighted by Crippen LogP contribution is -2.18. The van der Waals surface area contributed by atoms with E-state index in [-0.39, 0.29) is 5.75 Å². The topological polar surface area (TPSA) is 99.6 Å². The largest absolute Gasteiger partial charge is 0.504 e. The third-order valence-electron chi connectivity index (χ3n) is 4.29. The van der Waals surface area contributed by atoms with E-state index in [2.05, 4.69) is 20.7 Å². The number of nitrogens with zero attached hydrogens (tertiary/aromatic N) is 2. The van der Waals surface area contributed by atoms with Gasteiger partial charge in [0, 0.05) is 5.56 Å². The molecule has 7 heteroatoms. The van der Waals surface area contributed by atoms with Gasteiger partial charge < -0.3 is 9.84 Å². The predicted molar refractivity (Wildman–Crippen MR) is 108 cm³/mol. The minimum atomic E-state index is -0.400. The van der Waals surface area contributed by atoms with Gasteiger partial charge in [-0.05, 0) is 67.8 Å². The van der Waals surface area contributed by atoms with E-state index in [1.807, 2.05) is 39.0 Å². The minimum Gasteiger partial charge on any atom is -0.504 e. The van der Waals surface area contributed by atoms with Gasteiger partial charge in [-0.1, -0.05) is 12.1 Å². The van der Waals surface area contributed by atoms with Gasteiger partial charge in [0.15, 0.2) is 11.5 Å². The number of nitrogens with one attached hydrogen (secondary N) is 2. The smallest absolute Gasteiger partial charge is 0.289 e. The number of rotatable bonds is 6. The van der Waals surface area contributed by atoms with E-state index in [1.54, 1.807) is 18.2 Å². The van der Waals surface area contributed by atoms with Crippen LogP contribution in [0.3, 0.4) is 0 Å². The molecule has 0 unspecified atom stereocenters. The number of carbonyl (C=O) groups is 1. The molecule has 7 nitrogen and oxygen atoms in total. The molecule has 2 aromatic carbocycles. The second-order valence-electron chi connectivity index (χ2n) is 6.33. The Balaban J connectivity index is 1.67. The molecule has 0 spiro atoms. The zero-order valence-corrected chi connectivity index (χ0v) is 16.0. The highest BCUT2D eigenvalue weighted by molar-refractivity contribution is 5.94. The van der Waals surface area contributed by atoms with Gasteiger partial charge in [-0.25, -0.2) is 5.43 Å². The second-order valence-corrected chi connectivity index (χ2v) is 6.33. The summed E-state index contributed by atoms with van der Waals surface area (Å²) in [7, 11) is 0. The van der Waals surface area contributed by atoms with Crippen LogP contribution in [0.15, 0.2) is 47.6 Å². The number of phenols is 1. The fraction of sp³-hybridized carbons (Fsp3) is 0.190. The molecule has 3 rings (SSSR count). The maximum Gasteiger partial charge on any atom is 0.289 e. The van der Waals surface area contributed by atoms with Crippen molar-refractivity contribution in [2.75, 3.05) is 6.61 Å². The standard InChI is InChI=1S/C21H22N4O3/c1-4-28-20-10-15(6-8-19(20)26)12-22-25-21(27)18-11-17(23-24-18)16-7-5-13(2)14(3)9-16/h5-12,26H,4H2,1-3H3,(H,23,24)(H,25,27). The Kier molecular flexibility index (Phi) is 5.74. The molecule has 1 aromatic heterocycles. The zero-order chi connectivity index (χ0) is 20.1. The molecule has 0 atom stereocenters. The average molecular weight is 378 g/mol. The van der Waals surface area contributed by atoms with Gasteiger partial charge in [-0.2, -0.15) is 10.2 Å². The highest BCUT2D eigenvalue weighted by atomic mass is 16.5. The van der Waals surface area contributed by atoms with Crippen LogP contribution in [0, 0.1) is 13.8 Å². The Hall–Kier alpha value is -3.61. The Bertz CT molecular complexity index is 1020. The molecular weight excluding hydrogens is 356 g/mol. The molecule has 0 aliphatic heterocycles. The lowest BCUT2D eigenvalue weighted by Gasteiger charge is -2.05. The van der Waals surface area contributed by atoms with E-state index in [0.29, 0.717) is 29.3 Å². The van der Waals surface area contributed by atoms with Crippen LogP contribution in [0.2, 0.25) is 0 Å². The van der Waals surface area contributed by atoms with Crippen molar-refractivity contribution in [2.45, 2.75) is 20.8 Å². The van der Waals surface area contributed by atoms with Gasteiger partial charge in [0.05, 0.1) is 18.5 Å². The first-order valence-electron chi connectivity index (χ1n) is 8.90. The van der Waals surface area contributed by atoms with Crippen molar-refractivity contribution in [3.8, 4) is 22.8 Å². The molecular formula is C21H22N4O3. The van der Waals surface area contributed by atoms with Gasteiger partial charge in [0.25, 0.3) is 5.91 Å². The summed E-state index contributed by atoms with van der Waals surface area (Å²) in [4.78, 5) is 12.3. The number of hydrogen-bond donors (Lipinski definition) is 3. The van der Waals surface area contributed by atoms with Crippen LogP contribution in [-0.4, -0.2) is 34.0 Å². The normalized spacial score (nSPS) is 11.0. The highest BCUT2D eigenvalue weighted by Crippen LogP contribution is 2.26. The van der Waals surface area contributed by atoms with Crippen LogP contribution in [0.1, 0.15) is 34.1 Å². The molecule has 144 valence electrons. The van der Waals surface area contributed by atoms with Gasteiger partial charge in [-0.3, -0.25) is 9.89 Å². The van der Waals surface area contributed by atoms with Crippen LogP contribution < -0.4 is 10.2 Å². The summed E-state index contributed by atoms with van der Waals surface area (Å²) in [5.41, 5.74) is 7.44. The van der Waals surface area contributed by atoms with Crippen LogP contribution in [0.4, 0.5) is 0 Å². The van der Waals surface area contributed by atoms with Crippen molar-refractivity contribution in [1.82, 2.24) is 15.6 Å². The molecule has 1 amide bonds. The number of ether oxygens (including phenoxy) is 1. The first-order chi connectivity index (χ1) is 13.5. The molecule has 0 saturated carbocycles. The van der Waals surface area contributed by atoms with Crippen LogP contribution in [0.25, 0.3) is 11.3 Å². The molecule has 3 N–H and O–H groups in total. The summed E-state index contributed by atoms with van der Waals surface area (Å²) >= 11 is 0. The third-order valence-corrected chi connectivity index (χ3v) is 4.29. The molecule has 28 heavy (non-hydrogen) atoms. The summed E-state index contributed by atoms with van der Waals surface area (Å²) in [6.07, 6.45) is 1.47. The zero-order valence-electron chi connectivity index (χ0n) is 16.0. The maximum atomic E-state index is 12.3. The first kappa shape index (κ1) is 19.2. The summed E-state index contributed by atoms with van der Waals surface area (Å²) in [6.45, 7) is 6.35. The molecule has 0 radical (unpaired) electrons. The van der Waals surface area contributed by atoms with Gasteiger partial charge in [0.2, 0.25) is 0 Å². The monoisotopic (exact) mass is 378 g/mol. The number of aromatic nitrogens is 2. The lowest BCUT2D eigenvalue weighted by atomic mass is 10.0. The Morgan fingerprint density at radius 1 is 1.21 bits per heavy atom. The van der Waals surface area contributed by atoms with E-state index < -0.39 is 5.91 Å². The molecule has 0 aliphatic carbocycles. The fourth-order valence-electron chi connectivity index (χ4n) is 2.59. The number of benzene rings is 2. The minimum absolute atomic E-state index is 0.0550. The molecule has 3 aromatic rings. The number of phenolic OH excluding ortho intramolecular Hbond substituents is 1. The van der Waals surface area contributed by atoms with Crippen molar-refractivity contribution in [3.63, 3.8) is 0 Å². The summed E-state index contributed by atoms with van der Waals surface area (Å²) in [5.74, 6) is 0.0198. The lowest BCUT2D eigenvalue weighted by molar-refractivity contribution is 0.0950. The van der Waals surface area contributed by atoms with E-state index in [1.165, 1.54) is 17.8 Å². The molecule has 0 bridgehead atoms. The number of aromatic hydroxyl groups is 1. The van der Waals surface area contributed by atoms with E-state index in [0.717, 1.165) is 11.1 Å². The predicted octanol–water partition coefficient (Wildman–Crippen LogP) is 3.56. The fourth-order valence-corrected chi connectivity index (χ4v) is 2.59. The highest BCUT2D eigenvalue weighted by Gasteiger charge is 2.11. The average Bonchev–Trinajstić information content (AvgIpc) is 3.17. The molecule has 0 saturated heterocycles. The Morgan fingerprint density at radius 2 is 2.04 bits per heavy atom. The summed E-state index contributed by atoms with van der Waals surface area (Å²) < 4.78 is 5.32. The van der Waals surface area contributed by atoms with Gasteiger partial charge in [-0.15, -0.1) is 0 Å². The Labute approximate surface area is 163 Å². The molecule has 1 heterocycles. The second kappa shape index (κ2) is 8.39. The van der Waals surface area contributed by atoms with Crippen molar-refractivity contribution >= 4 is 12.1 Å². The third kappa shape index (κ3) is 4.37. The van der Waals surface area contributed by atoms with Gasteiger partial charge >= 0.3 is 0 Å². The van der Waals surface area contributed by atoms with Crippen molar-refractivity contribution in [2.24, 2.45) is 5.10 Å². The first-order valence-corrected chi connectivity index (χ1v) is 8.90. The molecule has 0 aliphatic rings. The number of hydrazone groups is 1. The SMILES string of the molecule is CCOc1cc(C=NNC(=O)c2cc(-c3ccc(C)c(C)c3)n[nH]2)ccc1O. The quantitative estimate of drug-likeness (QED) is 0.451. The summed E-state index contributed by atoms with van der Waals surface area (Å²) in [5, 5.41) is 20.6. The number of aryl methyl sites for hydroxylation is 2. The van der Waals surface area contributed by atoms with E-state index >= 15 is 0 Å². The number of carbonyl (C=O) groups excluding carboxylic acids is 1.